The molecule has 82 valence electrons. The number of hydrogen-bond donors (Lipinski definition) is 0. The second-order valence-corrected chi connectivity index (χ2v) is 5.53. The fourth-order valence-electron chi connectivity index (χ4n) is 1.57. The summed E-state index contributed by atoms with van der Waals surface area (Å²) in [6, 6.07) is 17.1. The Balaban J connectivity index is 2.31. The second-order valence-electron chi connectivity index (χ2n) is 3.82. The highest BCUT2D eigenvalue weighted by Crippen LogP contribution is 2.26. The summed E-state index contributed by atoms with van der Waals surface area (Å²) in [6.07, 6.45) is 0. The lowest BCUT2D eigenvalue weighted by atomic mass is 10.0. The van der Waals surface area contributed by atoms with Gasteiger partial charge in [-0.05, 0) is 49.0 Å². The Hall–Kier alpha value is -0.900. The average molecular weight is 247 g/mol. The van der Waals surface area contributed by atoms with Crippen LogP contribution in [-0.4, -0.2) is 0 Å². The summed E-state index contributed by atoms with van der Waals surface area (Å²) in [4.78, 5) is 0. The van der Waals surface area contributed by atoms with Gasteiger partial charge >= 0.3 is 0 Å². The molecule has 0 spiro atoms. The summed E-state index contributed by atoms with van der Waals surface area (Å²) in [6.45, 7) is 2.10. The molecule has 2 aromatic rings. The van der Waals surface area contributed by atoms with E-state index in [1.54, 1.807) is 0 Å². The Bertz CT molecular complexity index is 460. The monoisotopic (exact) mass is 247 g/mol. The molecule has 2 unspecified atom stereocenters. The first-order chi connectivity index (χ1) is 7.66. The molecule has 3 heteroatoms. The van der Waals surface area contributed by atoms with Crippen molar-refractivity contribution in [2.45, 2.75) is 6.92 Å². The van der Waals surface area contributed by atoms with E-state index in [4.69, 9.17) is 0 Å². The molecule has 2 rings (SSSR count). The Morgan fingerprint density at radius 2 is 1.19 bits per heavy atom. The van der Waals surface area contributed by atoms with Crippen LogP contribution in [0, 0.1) is 6.92 Å². The summed E-state index contributed by atoms with van der Waals surface area (Å²) in [5, 5.41) is 0. The number of nitrogens with zero attached hydrogens (tertiary/aromatic N) is 1. The maximum atomic E-state index is 2.62. The molecule has 0 radical (unpaired) electrons. The van der Waals surface area contributed by atoms with Crippen molar-refractivity contribution < 1.29 is 0 Å². The summed E-state index contributed by atoms with van der Waals surface area (Å²) < 4.78 is 1.94. The van der Waals surface area contributed by atoms with Crippen molar-refractivity contribution in [1.29, 1.82) is 0 Å². The SMILES string of the molecule is Cc1ccc(-c2ccc(N(P)P)cc2)cc1. The predicted molar refractivity (Wildman–Crippen MR) is 78.5 cm³/mol. The quantitative estimate of drug-likeness (QED) is 0.724. The van der Waals surface area contributed by atoms with Crippen LogP contribution in [0.25, 0.3) is 11.1 Å². The fraction of sp³-hybridized carbons (Fsp3) is 0.0769. The topological polar surface area (TPSA) is 3.24 Å². The van der Waals surface area contributed by atoms with Crippen molar-refractivity contribution in [2.24, 2.45) is 0 Å². The molecule has 0 aromatic heterocycles. The van der Waals surface area contributed by atoms with E-state index in [-0.39, 0.29) is 0 Å². The molecular formula is C13H15NP2. The number of benzene rings is 2. The third-order valence-electron chi connectivity index (χ3n) is 2.55. The highest BCUT2D eigenvalue weighted by atomic mass is 31.1. The molecule has 0 aliphatic heterocycles. The molecule has 0 amide bonds. The van der Waals surface area contributed by atoms with Crippen LogP contribution >= 0.6 is 18.8 Å². The van der Waals surface area contributed by atoms with E-state index in [1.807, 2.05) is 4.44 Å². The van der Waals surface area contributed by atoms with Gasteiger partial charge in [-0.25, -0.2) is 0 Å². The van der Waals surface area contributed by atoms with E-state index in [1.165, 1.54) is 16.7 Å². The van der Waals surface area contributed by atoms with Gasteiger partial charge in [0.1, 0.15) is 0 Å². The van der Waals surface area contributed by atoms with Crippen LogP contribution in [0.3, 0.4) is 0 Å². The van der Waals surface area contributed by atoms with Crippen LogP contribution in [0.2, 0.25) is 0 Å². The largest absolute Gasteiger partial charge is 0.341 e. The van der Waals surface area contributed by atoms with Gasteiger partial charge in [-0.1, -0.05) is 42.0 Å². The van der Waals surface area contributed by atoms with Crippen LogP contribution < -0.4 is 4.44 Å². The Kier molecular flexibility index (Phi) is 3.59. The van der Waals surface area contributed by atoms with E-state index in [2.05, 4.69) is 74.2 Å². The van der Waals surface area contributed by atoms with Gasteiger partial charge in [0.2, 0.25) is 0 Å². The van der Waals surface area contributed by atoms with Crippen LogP contribution in [0.15, 0.2) is 48.5 Å². The molecule has 0 bridgehead atoms. The fourth-order valence-corrected chi connectivity index (χ4v) is 1.92. The summed E-state index contributed by atoms with van der Waals surface area (Å²) in [5.74, 6) is 0. The smallest absolute Gasteiger partial charge is 0.0423 e. The highest BCUT2D eigenvalue weighted by molar-refractivity contribution is 7.39. The molecule has 2 atom stereocenters. The van der Waals surface area contributed by atoms with Crippen molar-refractivity contribution in [3.05, 3.63) is 54.1 Å². The van der Waals surface area contributed by atoms with Crippen LogP contribution in [0.5, 0.6) is 0 Å². The Labute approximate surface area is 101 Å². The van der Waals surface area contributed by atoms with Crippen LogP contribution in [0.4, 0.5) is 5.69 Å². The molecule has 0 saturated heterocycles. The summed E-state index contributed by atoms with van der Waals surface area (Å²) >= 11 is 0. The van der Waals surface area contributed by atoms with E-state index >= 15 is 0 Å². The molecule has 0 saturated carbocycles. The second kappa shape index (κ2) is 4.95. The average Bonchev–Trinajstić information content (AvgIpc) is 2.30. The maximum Gasteiger partial charge on any atom is 0.0423 e. The first kappa shape index (κ1) is 11.6. The molecule has 0 fully saturated rings. The van der Waals surface area contributed by atoms with Crippen LogP contribution in [0.1, 0.15) is 5.56 Å². The molecule has 1 nitrogen and oxygen atoms in total. The minimum Gasteiger partial charge on any atom is -0.341 e. The standard InChI is InChI=1S/C13H15NP2/c1-10-2-4-11(5-3-10)12-6-8-13(9-7-12)14(15)16/h2-9H,15-16H2,1H3. The number of hydrogen-bond acceptors (Lipinski definition) is 1. The van der Waals surface area contributed by atoms with E-state index in [0.29, 0.717) is 0 Å². The molecular weight excluding hydrogens is 232 g/mol. The molecule has 0 aliphatic carbocycles. The number of anilines is 1. The van der Waals surface area contributed by atoms with Gasteiger partial charge in [0.15, 0.2) is 0 Å². The zero-order valence-electron chi connectivity index (χ0n) is 9.22. The molecule has 2 aromatic carbocycles. The van der Waals surface area contributed by atoms with Gasteiger partial charge in [-0.15, -0.1) is 0 Å². The van der Waals surface area contributed by atoms with Gasteiger partial charge < -0.3 is 4.44 Å². The molecule has 0 N–H and O–H groups in total. The van der Waals surface area contributed by atoms with Crippen molar-refractivity contribution >= 4 is 24.5 Å². The zero-order valence-corrected chi connectivity index (χ0v) is 11.5. The van der Waals surface area contributed by atoms with Crippen molar-refractivity contribution in [3.8, 4) is 11.1 Å². The lowest BCUT2D eigenvalue weighted by molar-refractivity contribution is 1.47. The van der Waals surface area contributed by atoms with Crippen molar-refractivity contribution in [1.82, 2.24) is 0 Å². The van der Waals surface area contributed by atoms with Gasteiger partial charge in [0.05, 0.1) is 0 Å². The van der Waals surface area contributed by atoms with E-state index in [0.717, 1.165) is 5.69 Å². The van der Waals surface area contributed by atoms with E-state index < -0.39 is 0 Å². The molecule has 0 heterocycles. The van der Waals surface area contributed by atoms with Gasteiger partial charge in [-0.3, -0.25) is 0 Å². The first-order valence-corrected chi connectivity index (χ1v) is 6.17. The third kappa shape index (κ3) is 2.61. The van der Waals surface area contributed by atoms with Crippen molar-refractivity contribution in [3.63, 3.8) is 0 Å². The van der Waals surface area contributed by atoms with E-state index in [9.17, 15) is 0 Å². The lowest BCUT2D eigenvalue weighted by Crippen LogP contribution is -1.88. The highest BCUT2D eigenvalue weighted by Gasteiger charge is 1.98. The normalized spacial score (nSPS) is 10.2. The maximum absolute atomic E-state index is 2.62. The zero-order chi connectivity index (χ0) is 11.5. The lowest BCUT2D eigenvalue weighted by Gasteiger charge is -2.12. The van der Waals surface area contributed by atoms with Crippen molar-refractivity contribution in [2.75, 3.05) is 4.44 Å². The molecule has 0 aliphatic rings. The Morgan fingerprint density at radius 1 is 0.750 bits per heavy atom. The van der Waals surface area contributed by atoms with Gasteiger partial charge in [0, 0.05) is 5.69 Å². The Morgan fingerprint density at radius 3 is 1.62 bits per heavy atom. The third-order valence-corrected chi connectivity index (χ3v) is 3.15. The van der Waals surface area contributed by atoms with Crippen LogP contribution in [-0.2, 0) is 0 Å². The summed E-state index contributed by atoms with van der Waals surface area (Å²) in [5.41, 5.74) is 4.96. The first-order valence-electron chi connectivity index (χ1n) is 5.13. The number of aryl methyl sites for hydroxylation is 1. The minimum atomic E-state index is 1.16. The number of rotatable bonds is 2. The van der Waals surface area contributed by atoms with Gasteiger partial charge in [-0.2, -0.15) is 0 Å². The summed E-state index contributed by atoms with van der Waals surface area (Å²) in [7, 11) is 5.24. The minimum absolute atomic E-state index is 1.16. The predicted octanol–water partition coefficient (Wildman–Crippen LogP) is 4.05. The molecule has 16 heavy (non-hydrogen) atoms. The van der Waals surface area contributed by atoms with Gasteiger partial charge in [0.25, 0.3) is 0 Å².